The third-order valence-electron chi connectivity index (χ3n) is 2.05. The average molecular weight is 193 g/mol. The summed E-state index contributed by atoms with van der Waals surface area (Å²) in [5.74, 6) is -0.151. The Labute approximate surface area is 83.5 Å². The largest absolute Gasteiger partial charge is 0.324 e. The Morgan fingerprint density at radius 2 is 2.43 bits per heavy atom. The zero-order valence-electron chi connectivity index (χ0n) is 8.45. The van der Waals surface area contributed by atoms with Crippen LogP contribution in [0.2, 0.25) is 0 Å². The van der Waals surface area contributed by atoms with Crippen LogP contribution in [0.3, 0.4) is 0 Å². The molecule has 1 aromatic rings. The number of rotatable bonds is 3. The molecule has 3 N–H and O–H groups in total. The molecule has 0 aromatic carbocycles. The van der Waals surface area contributed by atoms with Crippen molar-refractivity contribution in [3.05, 3.63) is 24.0 Å². The van der Waals surface area contributed by atoms with Crippen molar-refractivity contribution in [2.24, 2.45) is 5.73 Å². The van der Waals surface area contributed by atoms with Crippen molar-refractivity contribution >= 4 is 11.6 Å². The predicted octanol–water partition coefficient (Wildman–Crippen LogP) is 1.07. The molecule has 0 saturated heterocycles. The van der Waals surface area contributed by atoms with Crippen molar-refractivity contribution in [2.75, 3.05) is 5.32 Å². The standard InChI is InChI=1S/C10H15N3O/c1-3-8(11)10(14)13-9-4-5-12-6-7(9)2/h4-6,8H,3,11H2,1-2H3,(H,12,13,14). The highest BCUT2D eigenvalue weighted by Crippen LogP contribution is 2.11. The lowest BCUT2D eigenvalue weighted by molar-refractivity contribution is -0.117. The number of amides is 1. The van der Waals surface area contributed by atoms with Crippen LogP contribution in [0.25, 0.3) is 0 Å². The van der Waals surface area contributed by atoms with Crippen LogP contribution in [0.5, 0.6) is 0 Å². The molecule has 1 unspecified atom stereocenters. The Kier molecular flexibility index (Phi) is 3.59. The van der Waals surface area contributed by atoms with Gasteiger partial charge in [-0.05, 0) is 25.0 Å². The van der Waals surface area contributed by atoms with Gasteiger partial charge in [0.1, 0.15) is 0 Å². The third-order valence-corrected chi connectivity index (χ3v) is 2.05. The summed E-state index contributed by atoms with van der Waals surface area (Å²) in [4.78, 5) is 15.4. The van der Waals surface area contributed by atoms with E-state index in [2.05, 4.69) is 10.3 Å². The number of nitrogens with two attached hydrogens (primary N) is 1. The van der Waals surface area contributed by atoms with Gasteiger partial charge in [-0.3, -0.25) is 9.78 Å². The molecule has 0 aliphatic rings. The van der Waals surface area contributed by atoms with Gasteiger partial charge in [-0.1, -0.05) is 6.92 Å². The van der Waals surface area contributed by atoms with Crippen LogP contribution >= 0.6 is 0 Å². The maximum Gasteiger partial charge on any atom is 0.241 e. The predicted molar refractivity (Wildman–Crippen MR) is 55.9 cm³/mol. The van der Waals surface area contributed by atoms with Crippen molar-refractivity contribution in [1.82, 2.24) is 4.98 Å². The molecule has 0 spiro atoms. The van der Waals surface area contributed by atoms with Gasteiger partial charge in [0.05, 0.1) is 6.04 Å². The van der Waals surface area contributed by atoms with Gasteiger partial charge in [0.25, 0.3) is 0 Å². The molecule has 4 heteroatoms. The molecule has 0 saturated carbocycles. The van der Waals surface area contributed by atoms with E-state index >= 15 is 0 Å². The van der Waals surface area contributed by atoms with E-state index in [0.29, 0.717) is 6.42 Å². The van der Waals surface area contributed by atoms with Crippen LogP contribution < -0.4 is 11.1 Å². The quantitative estimate of drug-likeness (QED) is 0.754. The highest BCUT2D eigenvalue weighted by atomic mass is 16.2. The van der Waals surface area contributed by atoms with Crippen LogP contribution in [-0.4, -0.2) is 16.9 Å². The van der Waals surface area contributed by atoms with Gasteiger partial charge in [0, 0.05) is 18.1 Å². The maximum absolute atomic E-state index is 11.4. The zero-order valence-corrected chi connectivity index (χ0v) is 8.45. The summed E-state index contributed by atoms with van der Waals surface area (Å²) in [5.41, 5.74) is 7.29. The maximum atomic E-state index is 11.4. The number of nitrogens with one attached hydrogen (secondary N) is 1. The molecule has 0 fully saturated rings. The molecule has 0 bridgehead atoms. The molecule has 1 aromatic heterocycles. The Morgan fingerprint density at radius 1 is 1.71 bits per heavy atom. The van der Waals surface area contributed by atoms with Crippen LogP contribution in [0.4, 0.5) is 5.69 Å². The first-order chi connectivity index (χ1) is 6.65. The minimum atomic E-state index is -0.442. The van der Waals surface area contributed by atoms with E-state index in [0.717, 1.165) is 11.3 Å². The topological polar surface area (TPSA) is 68.0 Å². The lowest BCUT2D eigenvalue weighted by Gasteiger charge is -2.11. The molecular formula is C10H15N3O. The number of anilines is 1. The van der Waals surface area contributed by atoms with E-state index in [1.807, 2.05) is 13.8 Å². The zero-order chi connectivity index (χ0) is 10.6. The van der Waals surface area contributed by atoms with Crippen LogP contribution in [-0.2, 0) is 4.79 Å². The SMILES string of the molecule is CCC(N)C(=O)Nc1ccncc1C. The number of nitrogens with zero attached hydrogens (tertiary/aromatic N) is 1. The molecule has 14 heavy (non-hydrogen) atoms. The summed E-state index contributed by atoms with van der Waals surface area (Å²) in [6, 6.07) is 1.32. The minimum absolute atomic E-state index is 0.151. The molecule has 0 radical (unpaired) electrons. The summed E-state index contributed by atoms with van der Waals surface area (Å²) < 4.78 is 0. The summed E-state index contributed by atoms with van der Waals surface area (Å²) >= 11 is 0. The second kappa shape index (κ2) is 4.72. The monoisotopic (exact) mass is 193 g/mol. The third kappa shape index (κ3) is 2.53. The smallest absolute Gasteiger partial charge is 0.241 e. The molecule has 4 nitrogen and oxygen atoms in total. The fourth-order valence-electron chi connectivity index (χ4n) is 1.02. The number of aromatic nitrogens is 1. The summed E-state index contributed by atoms with van der Waals surface area (Å²) in [5, 5.41) is 2.76. The number of pyridine rings is 1. The number of aryl methyl sites for hydroxylation is 1. The van der Waals surface area contributed by atoms with E-state index in [9.17, 15) is 4.79 Å². The Morgan fingerprint density at radius 3 is 3.00 bits per heavy atom. The van der Waals surface area contributed by atoms with E-state index in [1.165, 1.54) is 0 Å². The Bertz CT molecular complexity index is 325. The van der Waals surface area contributed by atoms with E-state index in [4.69, 9.17) is 5.73 Å². The Hall–Kier alpha value is -1.42. The molecule has 1 rings (SSSR count). The summed E-state index contributed by atoms with van der Waals surface area (Å²) in [7, 11) is 0. The normalized spacial score (nSPS) is 12.2. The van der Waals surface area contributed by atoms with Gasteiger partial charge in [0.15, 0.2) is 0 Å². The second-order valence-corrected chi connectivity index (χ2v) is 3.19. The Balaban J connectivity index is 2.70. The molecule has 1 atom stereocenters. The lowest BCUT2D eigenvalue weighted by atomic mass is 10.2. The first kappa shape index (κ1) is 10.7. The van der Waals surface area contributed by atoms with Gasteiger partial charge < -0.3 is 11.1 Å². The number of carbonyl (C=O) groups excluding carboxylic acids is 1. The average Bonchev–Trinajstić information content (AvgIpc) is 2.20. The van der Waals surface area contributed by atoms with Gasteiger partial charge in [-0.15, -0.1) is 0 Å². The van der Waals surface area contributed by atoms with Gasteiger partial charge in [-0.2, -0.15) is 0 Å². The highest BCUT2D eigenvalue weighted by molar-refractivity contribution is 5.95. The highest BCUT2D eigenvalue weighted by Gasteiger charge is 2.11. The van der Waals surface area contributed by atoms with Gasteiger partial charge in [0.2, 0.25) is 5.91 Å². The van der Waals surface area contributed by atoms with Crippen molar-refractivity contribution in [3.63, 3.8) is 0 Å². The summed E-state index contributed by atoms with van der Waals surface area (Å²) in [6.07, 6.45) is 3.98. The van der Waals surface area contributed by atoms with Crippen molar-refractivity contribution in [3.8, 4) is 0 Å². The van der Waals surface area contributed by atoms with Gasteiger partial charge >= 0.3 is 0 Å². The fraction of sp³-hybridized carbons (Fsp3) is 0.400. The van der Waals surface area contributed by atoms with Crippen molar-refractivity contribution in [2.45, 2.75) is 26.3 Å². The fourth-order valence-corrected chi connectivity index (χ4v) is 1.02. The van der Waals surface area contributed by atoms with Crippen LogP contribution in [0, 0.1) is 6.92 Å². The number of hydrogen-bond acceptors (Lipinski definition) is 3. The molecule has 1 heterocycles. The van der Waals surface area contributed by atoms with E-state index in [1.54, 1.807) is 18.5 Å². The van der Waals surface area contributed by atoms with Crippen molar-refractivity contribution < 1.29 is 4.79 Å². The number of carbonyl (C=O) groups is 1. The first-order valence-corrected chi connectivity index (χ1v) is 4.62. The molecule has 76 valence electrons. The molecule has 0 aliphatic carbocycles. The molecule has 1 amide bonds. The first-order valence-electron chi connectivity index (χ1n) is 4.62. The number of hydrogen-bond donors (Lipinski definition) is 2. The molecule has 0 aliphatic heterocycles. The minimum Gasteiger partial charge on any atom is -0.324 e. The van der Waals surface area contributed by atoms with E-state index in [-0.39, 0.29) is 5.91 Å². The lowest BCUT2D eigenvalue weighted by Crippen LogP contribution is -2.35. The van der Waals surface area contributed by atoms with Crippen molar-refractivity contribution in [1.29, 1.82) is 0 Å². The van der Waals surface area contributed by atoms with E-state index < -0.39 is 6.04 Å². The van der Waals surface area contributed by atoms with Crippen LogP contribution in [0.15, 0.2) is 18.5 Å². The summed E-state index contributed by atoms with van der Waals surface area (Å²) in [6.45, 7) is 3.77. The molecular weight excluding hydrogens is 178 g/mol. The van der Waals surface area contributed by atoms with Gasteiger partial charge in [-0.25, -0.2) is 0 Å². The van der Waals surface area contributed by atoms with Crippen LogP contribution in [0.1, 0.15) is 18.9 Å². The second-order valence-electron chi connectivity index (χ2n) is 3.19.